The number of carbonyl (C=O) groups excluding carboxylic acids is 1. The number of hydrogen-bond donors (Lipinski definition) is 4. The second-order valence-corrected chi connectivity index (χ2v) is 5.23. The first kappa shape index (κ1) is 15.8. The third-order valence-electron chi connectivity index (χ3n) is 3.63. The number of carboxylic acid groups (broad SMARTS) is 1. The molecule has 1 aliphatic carbocycles. The molecule has 0 aromatic rings. The molecule has 3 unspecified atom stereocenters. The summed E-state index contributed by atoms with van der Waals surface area (Å²) in [6.45, 7) is 2.09. The van der Waals surface area contributed by atoms with Gasteiger partial charge in [0.05, 0.1) is 5.92 Å². The number of urea groups is 1. The lowest BCUT2D eigenvalue weighted by atomic mass is 9.91. The monoisotopic (exact) mass is 271 g/mol. The number of amides is 2. The second kappa shape index (κ2) is 7.99. The molecule has 1 rings (SSSR count). The van der Waals surface area contributed by atoms with Crippen LogP contribution in [0, 0.1) is 5.92 Å². The maximum absolute atomic E-state index is 11.7. The molecule has 0 aliphatic heterocycles. The predicted molar refractivity (Wildman–Crippen MR) is 72.8 cm³/mol. The topological polar surface area (TPSA) is 104 Å². The smallest absolute Gasteiger partial charge is 0.315 e. The van der Waals surface area contributed by atoms with Crippen molar-refractivity contribution in [3.05, 3.63) is 0 Å². The highest BCUT2D eigenvalue weighted by molar-refractivity contribution is 5.76. The lowest BCUT2D eigenvalue weighted by molar-refractivity contribution is -0.141. The zero-order chi connectivity index (χ0) is 14.3. The normalized spacial score (nSPS) is 24.5. The van der Waals surface area contributed by atoms with Crippen LogP contribution in [-0.4, -0.2) is 35.7 Å². The largest absolute Gasteiger partial charge is 0.481 e. The molecular formula is C13H25N3O3. The lowest BCUT2D eigenvalue weighted by Crippen LogP contribution is -2.52. The van der Waals surface area contributed by atoms with Gasteiger partial charge < -0.3 is 21.5 Å². The van der Waals surface area contributed by atoms with Gasteiger partial charge in [-0.2, -0.15) is 0 Å². The Morgan fingerprint density at radius 3 is 2.63 bits per heavy atom. The van der Waals surface area contributed by atoms with E-state index in [1.165, 1.54) is 0 Å². The highest BCUT2D eigenvalue weighted by atomic mass is 16.4. The third-order valence-corrected chi connectivity index (χ3v) is 3.63. The zero-order valence-corrected chi connectivity index (χ0v) is 11.5. The van der Waals surface area contributed by atoms with Gasteiger partial charge >= 0.3 is 12.0 Å². The summed E-state index contributed by atoms with van der Waals surface area (Å²) in [4.78, 5) is 22.7. The highest BCUT2D eigenvalue weighted by Crippen LogP contribution is 2.16. The number of carbonyl (C=O) groups is 2. The van der Waals surface area contributed by atoms with E-state index < -0.39 is 11.9 Å². The van der Waals surface area contributed by atoms with Crippen LogP contribution in [0.1, 0.15) is 45.4 Å². The molecule has 1 saturated carbocycles. The van der Waals surface area contributed by atoms with Crippen LogP contribution in [0.4, 0.5) is 4.79 Å². The van der Waals surface area contributed by atoms with Crippen molar-refractivity contribution in [1.82, 2.24) is 10.6 Å². The number of nitrogens with one attached hydrogen (secondary N) is 2. The van der Waals surface area contributed by atoms with Crippen molar-refractivity contribution < 1.29 is 14.7 Å². The van der Waals surface area contributed by atoms with Gasteiger partial charge in [0.2, 0.25) is 0 Å². The Labute approximate surface area is 114 Å². The van der Waals surface area contributed by atoms with E-state index in [0.29, 0.717) is 6.42 Å². The molecule has 110 valence electrons. The fraction of sp³-hybridized carbons (Fsp3) is 0.846. The summed E-state index contributed by atoms with van der Waals surface area (Å²) >= 11 is 0. The molecule has 6 heteroatoms. The summed E-state index contributed by atoms with van der Waals surface area (Å²) in [6.07, 6.45) is 5.36. The van der Waals surface area contributed by atoms with E-state index in [2.05, 4.69) is 10.6 Å². The summed E-state index contributed by atoms with van der Waals surface area (Å²) in [6, 6.07) is -0.307. The van der Waals surface area contributed by atoms with Crippen LogP contribution >= 0.6 is 0 Å². The minimum absolute atomic E-state index is 0.00297. The second-order valence-electron chi connectivity index (χ2n) is 5.23. The van der Waals surface area contributed by atoms with Crippen molar-refractivity contribution in [3.63, 3.8) is 0 Å². The number of nitrogens with two attached hydrogens (primary N) is 1. The van der Waals surface area contributed by atoms with Crippen molar-refractivity contribution in [2.45, 2.75) is 57.5 Å². The SMILES string of the molecule is CCCC(CNC(=O)NC1CCCCC1N)C(=O)O. The Morgan fingerprint density at radius 2 is 2.05 bits per heavy atom. The molecule has 0 radical (unpaired) electrons. The first-order chi connectivity index (χ1) is 9.04. The van der Waals surface area contributed by atoms with Crippen molar-refractivity contribution in [2.75, 3.05) is 6.54 Å². The Balaban J connectivity index is 2.31. The Bertz CT molecular complexity index is 310. The molecule has 0 spiro atoms. The van der Waals surface area contributed by atoms with Crippen molar-refractivity contribution >= 4 is 12.0 Å². The molecule has 3 atom stereocenters. The Morgan fingerprint density at radius 1 is 1.37 bits per heavy atom. The van der Waals surface area contributed by atoms with Gasteiger partial charge in [0.15, 0.2) is 0 Å². The van der Waals surface area contributed by atoms with E-state index in [9.17, 15) is 9.59 Å². The van der Waals surface area contributed by atoms with Crippen molar-refractivity contribution in [2.24, 2.45) is 11.7 Å². The van der Waals surface area contributed by atoms with Gasteiger partial charge in [0, 0.05) is 18.6 Å². The van der Waals surface area contributed by atoms with Gasteiger partial charge in [0.1, 0.15) is 0 Å². The van der Waals surface area contributed by atoms with Gasteiger partial charge in [-0.3, -0.25) is 4.79 Å². The molecule has 19 heavy (non-hydrogen) atoms. The first-order valence-corrected chi connectivity index (χ1v) is 7.07. The quantitative estimate of drug-likeness (QED) is 0.579. The predicted octanol–water partition coefficient (Wildman–Crippen LogP) is 1.06. The number of carboxylic acids is 1. The molecule has 1 aliphatic rings. The van der Waals surface area contributed by atoms with Crippen LogP contribution in [0.2, 0.25) is 0 Å². The summed E-state index contributed by atoms with van der Waals surface area (Å²) in [5.74, 6) is -1.38. The van der Waals surface area contributed by atoms with Gasteiger partial charge in [-0.05, 0) is 19.3 Å². The Kier molecular flexibility index (Phi) is 6.62. The Hall–Kier alpha value is -1.30. The summed E-state index contributed by atoms with van der Waals surface area (Å²) < 4.78 is 0. The lowest BCUT2D eigenvalue weighted by Gasteiger charge is -2.29. The van der Waals surface area contributed by atoms with E-state index in [1.807, 2.05) is 6.92 Å². The van der Waals surface area contributed by atoms with Crippen molar-refractivity contribution in [1.29, 1.82) is 0 Å². The average Bonchev–Trinajstić information content (AvgIpc) is 2.37. The molecule has 0 aromatic heterocycles. The first-order valence-electron chi connectivity index (χ1n) is 7.07. The van der Waals surface area contributed by atoms with Crippen LogP contribution in [0.3, 0.4) is 0 Å². The minimum Gasteiger partial charge on any atom is -0.481 e. The maximum atomic E-state index is 11.7. The summed E-state index contributed by atoms with van der Waals surface area (Å²) in [7, 11) is 0. The van der Waals surface area contributed by atoms with E-state index in [1.54, 1.807) is 0 Å². The van der Waals surface area contributed by atoms with E-state index in [0.717, 1.165) is 32.1 Å². The molecule has 6 nitrogen and oxygen atoms in total. The summed E-state index contributed by atoms with van der Waals surface area (Å²) in [5.41, 5.74) is 5.94. The van der Waals surface area contributed by atoms with Crippen LogP contribution in [0.5, 0.6) is 0 Å². The highest BCUT2D eigenvalue weighted by Gasteiger charge is 2.24. The maximum Gasteiger partial charge on any atom is 0.315 e. The van der Waals surface area contributed by atoms with E-state index >= 15 is 0 Å². The van der Waals surface area contributed by atoms with Crippen molar-refractivity contribution in [3.8, 4) is 0 Å². The van der Waals surface area contributed by atoms with Gasteiger partial charge in [-0.25, -0.2) is 4.79 Å². The van der Waals surface area contributed by atoms with Crippen LogP contribution < -0.4 is 16.4 Å². The van der Waals surface area contributed by atoms with Crippen LogP contribution in [0.15, 0.2) is 0 Å². The number of aliphatic carboxylic acids is 1. The molecule has 0 saturated heterocycles. The zero-order valence-electron chi connectivity index (χ0n) is 11.5. The molecule has 0 bridgehead atoms. The van der Waals surface area contributed by atoms with E-state index in [4.69, 9.17) is 10.8 Å². The standard InChI is InChI=1S/C13H25N3O3/c1-2-5-9(12(17)18)8-15-13(19)16-11-7-4-3-6-10(11)14/h9-11H,2-8,14H2,1H3,(H,17,18)(H2,15,16,19). The van der Waals surface area contributed by atoms with Gasteiger partial charge in [0.25, 0.3) is 0 Å². The molecular weight excluding hydrogens is 246 g/mol. The number of hydrogen-bond acceptors (Lipinski definition) is 3. The fourth-order valence-electron chi connectivity index (χ4n) is 2.44. The minimum atomic E-state index is -0.864. The molecule has 0 heterocycles. The number of rotatable bonds is 6. The third kappa shape index (κ3) is 5.46. The molecule has 1 fully saturated rings. The molecule has 2 amide bonds. The molecule has 5 N–H and O–H groups in total. The van der Waals surface area contributed by atoms with Gasteiger partial charge in [-0.1, -0.05) is 26.2 Å². The molecule has 0 aromatic carbocycles. The van der Waals surface area contributed by atoms with E-state index in [-0.39, 0.29) is 24.7 Å². The van der Waals surface area contributed by atoms with Gasteiger partial charge in [-0.15, -0.1) is 0 Å². The average molecular weight is 271 g/mol. The summed E-state index contributed by atoms with van der Waals surface area (Å²) in [5, 5.41) is 14.5. The van der Waals surface area contributed by atoms with Crippen LogP contribution in [-0.2, 0) is 4.79 Å². The fourth-order valence-corrected chi connectivity index (χ4v) is 2.44. The van der Waals surface area contributed by atoms with Crippen LogP contribution in [0.25, 0.3) is 0 Å².